The highest BCUT2D eigenvalue weighted by atomic mass is 32.2. The summed E-state index contributed by atoms with van der Waals surface area (Å²) >= 11 is 0. The van der Waals surface area contributed by atoms with Crippen molar-refractivity contribution >= 4 is 10.8 Å². The molecule has 1 N–H and O–H groups in total. The molecule has 0 saturated carbocycles. The number of nitrogens with zero attached hydrogens (tertiary/aromatic N) is 1. The lowest BCUT2D eigenvalue weighted by atomic mass is 9.96. The summed E-state index contributed by atoms with van der Waals surface area (Å²) < 4.78 is 12.3. The van der Waals surface area contributed by atoms with Crippen molar-refractivity contribution in [2.75, 3.05) is 18.8 Å². The van der Waals surface area contributed by atoms with Crippen molar-refractivity contribution in [2.24, 2.45) is 0 Å². The fraction of sp³-hybridized carbons (Fsp3) is 0.625. The number of aliphatic hydroxyl groups excluding tert-OH is 1. The minimum absolute atomic E-state index is 0.250. The van der Waals surface area contributed by atoms with Gasteiger partial charge in [-0.05, 0) is 37.9 Å². The number of hydrogen-bond acceptors (Lipinski definition) is 3. The number of likely N-dealkylation sites (tertiary alicyclic amines) is 1. The number of aliphatic hydroxyl groups is 1. The first-order chi connectivity index (χ1) is 9.72. The second-order valence-corrected chi connectivity index (χ2v) is 7.01. The van der Waals surface area contributed by atoms with Gasteiger partial charge in [0.25, 0.3) is 0 Å². The summed E-state index contributed by atoms with van der Waals surface area (Å²) in [5, 5.41) is 10.1. The normalized spacial score (nSPS) is 23.4. The molecule has 2 rings (SSSR count). The minimum atomic E-state index is -0.938. The van der Waals surface area contributed by atoms with Gasteiger partial charge in [0, 0.05) is 23.2 Å². The Morgan fingerprint density at radius 2 is 2.10 bits per heavy atom. The summed E-state index contributed by atoms with van der Waals surface area (Å²) in [4.78, 5) is 3.23. The van der Waals surface area contributed by atoms with E-state index in [4.69, 9.17) is 0 Å². The summed E-state index contributed by atoms with van der Waals surface area (Å²) in [6.45, 7) is 3.86. The lowest BCUT2D eigenvalue weighted by Crippen LogP contribution is -2.47. The van der Waals surface area contributed by atoms with E-state index in [9.17, 15) is 9.32 Å². The van der Waals surface area contributed by atoms with Gasteiger partial charge in [0.05, 0.1) is 16.9 Å². The van der Waals surface area contributed by atoms with Crippen molar-refractivity contribution in [1.29, 1.82) is 0 Å². The molecule has 0 aliphatic carbocycles. The van der Waals surface area contributed by atoms with Gasteiger partial charge in [-0.3, -0.25) is 9.11 Å². The molecule has 0 bridgehead atoms. The average molecular weight is 295 g/mol. The SMILES string of the molecule is CCC(O)C1CCCCN1CCS(=O)c1ccccc1. The van der Waals surface area contributed by atoms with Gasteiger partial charge in [0.1, 0.15) is 0 Å². The average Bonchev–Trinajstić information content (AvgIpc) is 2.53. The molecule has 1 aliphatic rings. The van der Waals surface area contributed by atoms with Crippen molar-refractivity contribution in [3.05, 3.63) is 30.3 Å². The molecular formula is C16H25NO2S. The van der Waals surface area contributed by atoms with E-state index < -0.39 is 10.8 Å². The number of piperidine rings is 1. The Balaban J connectivity index is 1.89. The van der Waals surface area contributed by atoms with Crippen LogP contribution in [0.2, 0.25) is 0 Å². The van der Waals surface area contributed by atoms with Crippen LogP contribution in [0, 0.1) is 0 Å². The predicted octanol–water partition coefficient (Wildman–Crippen LogP) is 2.42. The number of benzene rings is 1. The summed E-state index contributed by atoms with van der Waals surface area (Å²) in [5.41, 5.74) is 0. The molecule has 0 spiro atoms. The third-order valence-corrected chi connectivity index (χ3v) is 5.45. The number of rotatable bonds is 6. The Morgan fingerprint density at radius 3 is 2.80 bits per heavy atom. The maximum atomic E-state index is 12.3. The van der Waals surface area contributed by atoms with Crippen LogP contribution in [0.4, 0.5) is 0 Å². The Morgan fingerprint density at radius 1 is 1.35 bits per heavy atom. The minimum Gasteiger partial charge on any atom is -0.392 e. The first-order valence-corrected chi connectivity index (χ1v) is 8.89. The van der Waals surface area contributed by atoms with Crippen molar-refractivity contribution in [3.8, 4) is 0 Å². The van der Waals surface area contributed by atoms with E-state index in [0.29, 0.717) is 5.75 Å². The molecule has 112 valence electrons. The smallest absolute Gasteiger partial charge is 0.0692 e. The molecule has 3 nitrogen and oxygen atoms in total. The summed E-state index contributed by atoms with van der Waals surface area (Å²) in [6, 6.07) is 9.89. The molecule has 3 unspecified atom stereocenters. The highest BCUT2D eigenvalue weighted by molar-refractivity contribution is 7.85. The van der Waals surface area contributed by atoms with Crippen molar-refractivity contribution in [3.63, 3.8) is 0 Å². The Kier molecular flexibility index (Phi) is 6.20. The van der Waals surface area contributed by atoms with E-state index >= 15 is 0 Å². The van der Waals surface area contributed by atoms with E-state index in [0.717, 1.165) is 30.8 Å². The molecular weight excluding hydrogens is 270 g/mol. The van der Waals surface area contributed by atoms with Crippen LogP contribution in [0.25, 0.3) is 0 Å². The van der Waals surface area contributed by atoms with Gasteiger partial charge in [0.2, 0.25) is 0 Å². The van der Waals surface area contributed by atoms with Gasteiger partial charge in [-0.25, -0.2) is 0 Å². The lowest BCUT2D eigenvalue weighted by molar-refractivity contribution is 0.0276. The number of hydrogen-bond donors (Lipinski definition) is 1. The molecule has 1 saturated heterocycles. The molecule has 20 heavy (non-hydrogen) atoms. The highest BCUT2D eigenvalue weighted by Gasteiger charge is 2.27. The van der Waals surface area contributed by atoms with Crippen molar-refractivity contribution in [2.45, 2.75) is 49.6 Å². The van der Waals surface area contributed by atoms with Crippen LogP contribution >= 0.6 is 0 Å². The highest BCUT2D eigenvalue weighted by Crippen LogP contribution is 2.21. The third-order valence-electron chi connectivity index (χ3n) is 4.10. The molecule has 4 heteroatoms. The van der Waals surface area contributed by atoms with Crippen LogP contribution in [-0.2, 0) is 10.8 Å². The molecule has 1 aliphatic heterocycles. The summed E-state index contributed by atoms with van der Waals surface area (Å²) in [7, 11) is -0.938. The van der Waals surface area contributed by atoms with Gasteiger partial charge in [-0.2, -0.15) is 0 Å². The molecule has 1 aromatic rings. The summed E-state index contributed by atoms with van der Waals surface area (Å²) in [5.74, 6) is 0.650. The Hall–Kier alpha value is -0.710. The fourth-order valence-corrected chi connectivity index (χ4v) is 3.99. The fourth-order valence-electron chi connectivity index (χ4n) is 2.89. The topological polar surface area (TPSA) is 40.5 Å². The standard InChI is InChI=1S/C16H25NO2S/c1-2-16(18)15-10-6-7-11-17(15)12-13-20(19)14-8-4-3-5-9-14/h3-5,8-9,15-16,18H,2,6-7,10-13H2,1H3. The Labute approximate surface area is 124 Å². The predicted molar refractivity (Wildman–Crippen MR) is 83.2 cm³/mol. The van der Waals surface area contributed by atoms with Crippen LogP contribution in [0.3, 0.4) is 0 Å². The first-order valence-electron chi connectivity index (χ1n) is 7.58. The zero-order chi connectivity index (χ0) is 14.4. The van der Waals surface area contributed by atoms with E-state index in [2.05, 4.69) is 4.90 Å². The maximum Gasteiger partial charge on any atom is 0.0692 e. The quantitative estimate of drug-likeness (QED) is 0.876. The lowest BCUT2D eigenvalue weighted by Gasteiger charge is -2.38. The second-order valence-electron chi connectivity index (χ2n) is 5.44. The van der Waals surface area contributed by atoms with Gasteiger partial charge < -0.3 is 5.11 Å². The monoisotopic (exact) mass is 295 g/mol. The molecule has 0 amide bonds. The van der Waals surface area contributed by atoms with Gasteiger partial charge in [-0.15, -0.1) is 0 Å². The molecule has 3 atom stereocenters. The third kappa shape index (κ3) is 4.14. The van der Waals surface area contributed by atoms with Crippen LogP contribution in [0.5, 0.6) is 0 Å². The van der Waals surface area contributed by atoms with Crippen LogP contribution in [-0.4, -0.2) is 45.2 Å². The van der Waals surface area contributed by atoms with Crippen LogP contribution in [0.15, 0.2) is 35.2 Å². The molecule has 1 heterocycles. The Bertz CT molecular complexity index is 424. The van der Waals surface area contributed by atoms with Crippen LogP contribution in [0.1, 0.15) is 32.6 Å². The van der Waals surface area contributed by atoms with Gasteiger partial charge >= 0.3 is 0 Å². The van der Waals surface area contributed by atoms with E-state index in [1.807, 2.05) is 37.3 Å². The largest absolute Gasteiger partial charge is 0.392 e. The van der Waals surface area contributed by atoms with E-state index in [-0.39, 0.29) is 12.1 Å². The molecule has 1 fully saturated rings. The zero-order valence-corrected chi connectivity index (χ0v) is 13.0. The first kappa shape index (κ1) is 15.7. The zero-order valence-electron chi connectivity index (χ0n) is 12.2. The van der Waals surface area contributed by atoms with Crippen molar-refractivity contribution < 1.29 is 9.32 Å². The van der Waals surface area contributed by atoms with E-state index in [1.165, 1.54) is 12.8 Å². The van der Waals surface area contributed by atoms with E-state index in [1.54, 1.807) is 0 Å². The summed E-state index contributed by atoms with van der Waals surface area (Å²) in [6.07, 6.45) is 3.99. The molecule has 1 aromatic carbocycles. The van der Waals surface area contributed by atoms with Gasteiger partial charge in [-0.1, -0.05) is 31.5 Å². The van der Waals surface area contributed by atoms with Crippen molar-refractivity contribution in [1.82, 2.24) is 4.90 Å². The molecule has 0 radical (unpaired) electrons. The van der Waals surface area contributed by atoms with Crippen LogP contribution < -0.4 is 0 Å². The van der Waals surface area contributed by atoms with Gasteiger partial charge in [0.15, 0.2) is 0 Å². The second kappa shape index (κ2) is 7.91. The molecule has 0 aromatic heterocycles. The maximum absolute atomic E-state index is 12.3.